The third kappa shape index (κ3) is 3.54. The van der Waals surface area contributed by atoms with E-state index in [4.69, 9.17) is 0 Å². The fourth-order valence-electron chi connectivity index (χ4n) is 2.75. The molecule has 21 heavy (non-hydrogen) atoms. The van der Waals surface area contributed by atoms with Gasteiger partial charge < -0.3 is 15.7 Å². The second kappa shape index (κ2) is 6.16. The Kier molecular flexibility index (Phi) is 4.50. The Balaban J connectivity index is 1.87. The first-order valence-corrected chi connectivity index (χ1v) is 7.25. The van der Waals surface area contributed by atoms with Gasteiger partial charge >= 0.3 is 12.0 Å². The van der Waals surface area contributed by atoms with E-state index in [1.165, 1.54) is 5.56 Å². The van der Waals surface area contributed by atoms with Crippen molar-refractivity contribution in [2.75, 3.05) is 0 Å². The van der Waals surface area contributed by atoms with Gasteiger partial charge in [-0.15, -0.1) is 0 Å². The summed E-state index contributed by atoms with van der Waals surface area (Å²) in [4.78, 5) is 23.3. The number of carbonyl (C=O) groups is 2. The normalized spacial score (nSPS) is 24.6. The number of aryl methyl sites for hydroxylation is 1. The SMILES string of the molecule is Cc1ccc(CNC(=O)NC2CCCC2(C)C(=O)O)cc1. The highest BCUT2D eigenvalue weighted by molar-refractivity contribution is 5.79. The molecule has 0 saturated heterocycles. The highest BCUT2D eigenvalue weighted by atomic mass is 16.4. The van der Waals surface area contributed by atoms with Crippen molar-refractivity contribution in [3.8, 4) is 0 Å². The van der Waals surface area contributed by atoms with Crippen LogP contribution in [0.2, 0.25) is 0 Å². The van der Waals surface area contributed by atoms with Gasteiger partial charge in [0, 0.05) is 12.6 Å². The van der Waals surface area contributed by atoms with Crippen molar-refractivity contribution in [3.05, 3.63) is 35.4 Å². The number of hydrogen-bond acceptors (Lipinski definition) is 2. The highest BCUT2D eigenvalue weighted by Gasteiger charge is 2.45. The number of urea groups is 1. The van der Waals surface area contributed by atoms with Crippen molar-refractivity contribution >= 4 is 12.0 Å². The number of carbonyl (C=O) groups excluding carboxylic acids is 1. The molecular weight excluding hydrogens is 268 g/mol. The molecule has 0 aliphatic heterocycles. The van der Waals surface area contributed by atoms with E-state index in [0.717, 1.165) is 12.0 Å². The summed E-state index contributed by atoms with van der Waals surface area (Å²) < 4.78 is 0. The van der Waals surface area contributed by atoms with Gasteiger partial charge in [0.15, 0.2) is 0 Å². The third-order valence-corrected chi connectivity index (χ3v) is 4.33. The molecule has 1 aliphatic carbocycles. The van der Waals surface area contributed by atoms with Crippen LogP contribution >= 0.6 is 0 Å². The van der Waals surface area contributed by atoms with Gasteiger partial charge in [0.2, 0.25) is 0 Å². The molecule has 1 aromatic carbocycles. The second-order valence-electron chi connectivity index (χ2n) is 5.98. The lowest BCUT2D eigenvalue weighted by Gasteiger charge is -2.27. The molecule has 0 bridgehead atoms. The van der Waals surface area contributed by atoms with Crippen LogP contribution in [0.5, 0.6) is 0 Å². The minimum Gasteiger partial charge on any atom is -0.481 e. The zero-order valence-corrected chi connectivity index (χ0v) is 12.5. The van der Waals surface area contributed by atoms with Crippen molar-refractivity contribution in [1.29, 1.82) is 0 Å². The van der Waals surface area contributed by atoms with Gasteiger partial charge in [0.05, 0.1) is 5.41 Å². The zero-order valence-electron chi connectivity index (χ0n) is 12.5. The summed E-state index contributed by atoms with van der Waals surface area (Å²) in [7, 11) is 0. The molecule has 2 unspecified atom stereocenters. The van der Waals surface area contributed by atoms with Crippen LogP contribution in [0.3, 0.4) is 0 Å². The number of carboxylic acid groups (broad SMARTS) is 1. The van der Waals surface area contributed by atoms with Crippen LogP contribution in [0.25, 0.3) is 0 Å². The molecule has 3 N–H and O–H groups in total. The van der Waals surface area contributed by atoms with E-state index in [1.54, 1.807) is 6.92 Å². The maximum atomic E-state index is 11.9. The summed E-state index contributed by atoms with van der Waals surface area (Å²) in [5.74, 6) is -0.844. The Morgan fingerprint density at radius 2 is 2.00 bits per heavy atom. The summed E-state index contributed by atoms with van der Waals surface area (Å²) in [5, 5.41) is 14.9. The highest BCUT2D eigenvalue weighted by Crippen LogP contribution is 2.38. The number of aliphatic carboxylic acids is 1. The lowest BCUT2D eigenvalue weighted by molar-refractivity contribution is -0.148. The topological polar surface area (TPSA) is 78.4 Å². The van der Waals surface area contributed by atoms with Crippen LogP contribution in [0.15, 0.2) is 24.3 Å². The number of amides is 2. The monoisotopic (exact) mass is 290 g/mol. The first-order chi connectivity index (χ1) is 9.91. The predicted molar refractivity (Wildman–Crippen MR) is 79.9 cm³/mol. The number of hydrogen-bond donors (Lipinski definition) is 3. The molecule has 1 saturated carbocycles. The van der Waals surface area contributed by atoms with E-state index < -0.39 is 11.4 Å². The first kappa shape index (κ1) is 15.4. The van der Waals surface area contributed by atoms with Crippen molar-refractivity contribution in [3.63, 3.8) is 0 Å². The Labute approximate surface area is 124 Å². The van der Waals surface area contributed by atoms with E-state index >= 15 is 0 Å². The van der Waals surface area contributed by atoms with Gasteiger partial charge in [0.25, 0.3) is 0 Å². The molecule has 1 fully saturated rings. The van der Waals surface area contributed by atoms with Gasteiger partial charge in [-0.25, -0.2) is 4.79 Å². The molecule has 0 heterocycles. The van der Waals surface area contributed by atoms with E-state index in [-0.39, 0.29) is 12.1 Å². The van der Waals surface area contributed by atoms with Gasteiger partial charge in [-0.2, -0.15) is 0 Å². The molecule has 0 radical (unpaired) electrons. The van der Waals surface area contributed by atoms with E-state index in [1.807, 2.05) is 31.2 Å². The maximum absolute atomic E-state index is 11.9. The molecule has 114 valence electrons. The van der Waals surface area contributed by atoms with Crippen molar-refractivity contribution in [2.45, 2.75) is 45.7 Å². The number of carboxylic acids is 1. The Bertz CT molecular complexity index is 527. The van der Waals surface area contributed by atoms with E-state index in [0.29, 0.717) is 19.4 Å². The molecule has 2 amide bonds. The summed E-state index contributed by atoms with van der Waals surface area (Å²) in [6, 6.07) is 7.29. The molecule has 0 spiro atoms. The smallest absolute Gasteiger partial charge is 0.315 e. The van der Waals surface area contributed by atoms with Crippen LogP contribution in [-0.2, 0) is 11.3 Å². The lowest BCUT2D eigenvalue weighted by Crippen LogP contribution is -2.50. The fraction of sp³-hybridized carbons (Fsp3) is 0.500. The van der Waals surface area contributed by atoms with Crippen LogP contribution in [0, 0.1) is 12.3 Å². The van der Waals surface area contributed by atoms with E-state index in [9.17, 15) is 14.7 Å². The summed E-state index contributed by atoms with van der Waals surface area (Å²) in [6.45, 7) is 4.15. The quantitative estimate of drug-likeness (QED) is 0.797. The molecule has 1 aromatic rings. The van der Waals surface area contributed by atoms with Gasteiger partial charge in [0.1, 0.15) is 0 Å². The largest absolute Gasteiger partial charge is 0.481 e. The van der Waals surface area contributed by atoms with Crippen molar-refractivity contribution in [2.24, 2.45) is 5.41 Å². The molecule has 2 atom stereocenters. The molecular formula is C16H22N2O3. The van der Waals surface area contributed by atoms with Crippen LogP contribution < -0.4 is 10.6 Å². The maximum Gasteiger partial charge on any atom is 0.315 e. The fourth-order valence-corrected chi connectivity index (χ4v) is 2.75. The van der Waals surface area contributed by atoms with Crippen LogP contribution in [0.4, 0.5) is 4.79 Å². The molecule has 5 heteroatoms. The van der Waals surface area contributed by atoms with Gasteiger partial charge in [-0.3, -0.25) is 4.79 Å². The lowest BCUT2D eigenvalue weighted by atomic mass is 9.85. The predicted octanol–water partition coefficient (Wildman–Crippen LogP) is 2.44. The van der Waals surface area contributed by atoms with E-state index in [2.05, 4.69) is 10.6 Å². The molecule has 0 aromatic heterocycles. The number of rotatable bonds is 4. The van der Waals surface area contributed by atoms with Crippen LogP contribution in [-0.4, -0.2) is 23.1 Å². The molecule has 1 aliphatic rings. The average Bonchev–Trinajstić information content (AvgIpc) is 2.81. The minimum absolute atomic E-state index is 0.310. The Morgan fingerprint density at radius 3 is 2.62 bits per heavy atom. The first-order valence-electron chi connectivity index (χ1n) is 7.25. The Morgan fingerprint density at radius 1 is 1.33 bits per heavy atom. The number of benzene rings is 1. The zero-order chi connectivity index (χ0) is 15.5. The van der Waals surface area contributed by atoms with Crippen molar-refractivity contribution in [1.82, 2.24) is 10.6 Å². The summed E-state index contributed by atoms with van der Waals surface area (Å²) in [6.07, 6.45) is 2.14. The summed E-state index contributed by atoms with van der Waals surface area (Å²) >= 11 is 0. The average molecular weight is 290 g/mol. The molecule has 5 nitrogen and oxygen atoms in total. The standard InChI is InChI=1S/C16H22N2O3/c1-11-5-7-12(8-6-11)10-17-15(21)18-13-4-3-9-16(13,2)14(19)20/h5-8,13H,3-4,9-10H2,1-2H3,(H,19,20)(H2,17,18,21). The Hall–Kier alpha value is -2.04. The third-order valence-electron chi connectivity index (χ3n) is 4.33. The second-order valence-corrected chi connectivity index (χ2v) is 5.98. The van der Waals surface area contributed by atoms with Crippen LogP contribution in [0.1, 0.15) is 37.3 Å². The summed E-state index contributed by atoms with van der Waals surface area (Å²) in [5.41, 5.74) is 1.33. The van der Waals surface area contributed by atoms with Gasteiger partial charge in [-0.1, -0.05) is 36.2 Å². The minimum atomic E-state index is -0.860. The van der Waals surface area contributed by atoms with Gasteiger partial charge in [-0.05, 0) is 32.3 Å². The number of nitrogens with one attached hydrogen (secondary N) is 2. The van der Waals surface area contributed by atoms with Crippen molar-refractivity contribution < 1.29 is 14.7 Å². The molecule has 2 rings (SSSR count).